The smallest absolute Gasteiger partial charge is 0.228 e. The van der Waals surface area contributed by atoms with Crippen molar-refractivity contribution >= 4 is 5.91 Å². The Kier molecular flexibility index (Phi) is 4.63. The van der Waals surface area contributed by atoms with Crippen LogP contribution in [0.2, 0.25) is 0 Å². The number of hydrogen-bond acceptors (Lipinski definition) is 2. The molecule has 1 atom stereocenters. The second-order valence-electron chi connectivity index (χ2n) is 9.75. The summed E-state index contributed by atoms with van der Waals surface area (Å²) in [5.74, 6) is 1.02. The molecular weight excluding hydrogens is 320 g/mol. The first-order valence-electron chi connectivity index (χ1n) is 10.5. The monoisotopic (exact) mass is 354 g/mol. The Morgan fingerprint density at radius 3 is 2.42 bits per heavy atom. The highest BCUT2D eigenvalue weighted by molar-refractivity contribution is 5.85. The van der Waals surface area contributed by atoms with Gasteiger partial charge in [0.15, 0.2) is 0 Å². The predicted molar refractivity (Wildman–Crippen MR) is 106 cm³/mol. The van der Waals surface area contributed by atoms with E-state index in [0.717, 1.165) is 39.0 Å². The highest BCUT2D eigenvalue weighted by Crippen LogP contribution is 2.49. The van der Waals surface area contributed by atoms with E-state index in [9.17, 15) is 4.79 Å². The molecule has 2 heterocycles. The van der Waals surface area contributed by atoms with E-state index in [4.69, 9.17) is 0 Å². The lowest BCUT2D eigenvalue weighted by molar-refractivity contribution is -0.135. The summed E-state index contributed by atoms with van der Waals surface area (Å²) in [6.07, 6.45) is 5.93. The van der Waals surface area contributed by atoms with Crippen molar-refractivity contribution in [1.29, 1.82) is 0 Å². The van der Waals surface area contributed by atoms with Gasteiger partial charge in [-0.1, -0.05) is 45.0 Å². The maximum Gasteiger partial charge on any atom is 0.228 e. The molecule has 1 aliphatic carbocycles. The quantitative estimate of drug-likeness (QED) is 0.799. The molecule has 1 aromatic rings. The number of likely N-dealkylation sites (tertiary alicyclic amines) is 2. The van der Waals surface area contributed by atoms with Gasteiger partial charge in [-0.25, -0.2) is 0 Å². The van der Waals surface area contributed by atoms with E-state index in [-0.39, 0.29) is 5.41 Å². The molecule has 26 heavy (non-hydrogen) atoms. The van der Waals surface area contributed by atoms with Crippen molar-refractivity contribution in [2.24, 2.45) is 10.8 Å². The fraction of sp³-hybridized carbons (Fsp3) is 0.696. The van der Waals surface area contributed by atoms with Crippen LogP contribution >= 0.6 is 0 Å². The Labute approximate surface area is 158 Å². The third-order valence-electron chi connectivity index (χ3n) is 7.03. The topological polar surface area (TPSA) is 23.6 Å². The van der Waals surface area contributed by atoms with Crippen LogP contribution in [0.5, 0.6) is 0 Å². The second kappa shape index (κ2) is 6.67. The first-order chi connectivity index (χ1) is 12.4. The lowest BCUT2D eigenvalue weighted by atomic mass is 9.79. The Morgan fingerprint density at radius 1 is 1.04 bits per heavy atom. The molecule has 142 valence electrons. The van der Waals surface area contributed by atoms with Crippen LogP contribution in [0, 0.1) is 10.8 Å². The summed E-state index contributed by atoms with van der Waals surface area (Å²) in [5.41, 5.74) is 3.17. The van der Waals surface area contributed by atoms with Gasteiger partial charge in [0, 0.05) is 37.0 Å². The van der Waals surface area contributed by atoms with Crippen LogP contribution in [0.1, 0.15) is 69.9 Å². The molecule has 0 radical (unpaired) electrons. The van der Waals surface area contributed by atoms with Crippen molar-refractivity contribution in [2.75, 3.05) is 26.2 Å². The molecule has 3 aliphatic rings. The van der Waals surface area contributed by atoms with Crippen molar-refractivity contribution in [2.45, 2.75) is 65.3 Å². The molecule has 2 saturated heterocycles. The summed E-state index contributed by atoms with van der Waals surface area (Å²) >= 11 is 0. The molecule has 4 rings (SSSR count). The average Bonchev–Trinajstić information content (AvgIpc) is 3.25. The van der Waals surface area contributed by atoms with Crippen molar-refractivity contribution in [3.05, 3.63) is 35.4 Å². The number of piperidine rings is 1. The first kappa shape index (κ1) is 18.0. The summed E-state index contributed by atoms with van der Waals surface area (Å²) in [5, 5.41) is 0. The fourth-order valence-electron chi connectivity index (χ4n) is 4.94. The molecule has 2 aliphatic heterocycles. The molecule has 3 nitrogen and oxygen atoms in total. The number of benzene rings is 1. The van der Waals surface area contributed by atoms with Crippen LogP contribution in [0.25, 0.3) is 0 Å². The van der Waals surface area contributed by atoms with Gasteiger partial charge in [-0.3, -0.25) is 9.69 Å². The van der Waals surface area contributed by atoms with Crippen LogP contribution in [-0.2, 0) is 11.3 Å². The molecule has 1 amide bonds. The molecule has 0 aromatic heterocycles. The largest absolute Gasteiger partial charge is 0.342 e. The minimum Gasteiger partial charge on any atom is -0.342 e. The standard InChI is InChI=1S/C23H34N2O/c1-18(2)20-7-5-19(6-8-20)15-24-13-4-9-23(16-24)12-14-25(17-23)21(26)22(3)10-11-22/h5-8,18H,4,9-17H2,1-3H3. The van der Waals surface area contributed by atoms with Crippen LogP contribution in [0.4, 0.5) is 0 Å². The van der Waals surface area contributed by atoms with E-state index in [1.807, 2.05) is 0 Å². The van der Waals surface area contributed by atoms with E-state index < -0.39 is 0 Å². The number of carbonyl (C=O) groups excluding carboxylic acids is 1. The van der Waals surface area contributed by atoms with E-state index in [1.165, 1.54) is 36.9 Å². The van der Waals surface area contributed by atoms with E-state index in [2.05, 4.69) is 54.8 Å². The second-order valence-corrected chi connectivity index (χ2v) is 9.75. The maximum absolute atomic E-state index is 12.7. The molecule has 0 bridgehead atoms. The zero-order valence-corrected chi connectivity index (χ0v) is 16.8. The van der Waals surface area contributed by atoms with Gasteiger partial charge < -0.3 is 4.90 Å². The fourth-order valence-corrected chi connectivity index (χ4v) is 4.94. The minimum absolute atomic E-state index is 0.0158. The van der Waals surface area contributed by atoms with Gasteiger partial charge in [0.2, 0.25) is 5.91 Å². The zero-order valence-electron chi connectivity index (χ0n) is 16.8. The van der Waals surface area contributed by atoms with Gasteiger partial charge in [-0.05, 0) is 55.7 Å². The number of nitrogens with zero attached hydrogens (tertiary/aromatic N) is 2. The molecule has 0 N–H and O–H groups in total. The first-order valence-corrected chi connectivity index (χ1v) is 10.5. The molecule has 3 fully saturated rings. The van der Waals surface area contributed by atoms with Crippen LogP contribution in [0.3, 0.4) is 0 Å². The number of hydrogen-bond donors (Lipinski definition) is 0. The molecule has 1 saturated carbocycles. The maximum atomic E-state index is 12.7. The van der Waals surface area contributed by atoms with Gasteiger partial charge >= 0.3 is 0 Å². The summed E-state index contributed by atoms with van der Waals surface area (Å²) < 4.78 is 0. The zero-order chi connectivity index (χ0) is 18.4. The van der Waals surface area contributed by atoms with Crippen LogP contribution in [-0.4, -0.2) is 41.9 Å². The van der Waals surface area contributed by atoms with Crippen molar-refractivity contribution in [1.82, 2.24) is 9.80 Å². The third-order valence-corrected chi connectivity index (χ3v) is 7.03. The summed E-state index contributed by atoms with van der Waals surface area (Å²) in [4.78, 5) is 17.5. The third kappa shape index (κ3) is 3.55. The summed E-state index contributed by atoms with van der Waals surface area (Å²) in [7, 11) is 0. The predicted octanol–water partition coefficient (Wildman–Crippen LogP) is 4.42. The number of amides is 1. The Hall–Kier alpha value is -1.35. The highest BCUT2D eigenvalue weighted by atomic mass is 16.2. The Balaban J connectivity index is 1.37. The molecule has 1 spiro atoms. The highest BCUT2D eigenvalue weighted by Gasteiger charge is 2.51. The number of carbonyl (C=O) groups is 1. The van der Waals surface area contributed by atoms with Crippen molar-refractivity contribution in [3.63, 3.8) is 0 Å². The van der Waals surface area contributed by atoms with Crippen molar-refractivity contribution in [3.8, 4) is 0 Å². The van der Waals surface area contributed by atoms with Gasteiger partial charge in [-0.15, -0.1) is 0 Å². The minimum atomic E-state index is -0.0158. The van der Waals surface area contributed by atoms with Crippen LogP contribution in [0.15, 0.2) is 24.3 Å². The Morgan fingerprint density at radius 2 is 1.77 bits per heavy atom. The van der Waals surface area contributed by atoms with Crippen LogP contribution < -0.4 is 0 Å². The van der Waals surface area contributed by atoms with E-state index in [1.54, 1.807) is 0 Å². The lowest BCUT2D eigenvalue weighted by Crippen LogP contribution is -2.45. The SMILES string of the molecule is CC(C)c1ccc(CN2CCCC3(CCN(C(=O)C4(C)CC4)C3)C2)cc1. The molecule has 3 heteroatoms. The molecule has 1 aromatic carbocycles. The molecular formula is C23H34N2O. The van der Waals surface area contributed by atoms with Crippen molar-refractivity contribution < 1.29 is 4.79 Å². The van der Waals surface area contributed by atoms with Gasteiger partial charge in [-0.2, -0.15) is 0 Å². The summed E-state index contributed by atoms with van der Waals surface area (Å²) in [6, 6.07) is 9.17. The Bertz CT molecular complexity index is 661. The van der Waals surface area contributed by atoms with Gasteiger partial charge in [0.25, 0.3) is 0 Å². The van der Waals surface area contributed by atoms with E-state index in [0.29, 0.717) is 17.2 Å². The number of rotatable bonds is 4. The van der Waals surface area contributed by atoms with E-state index >= 15 is 0 Å². The lowest BCUT2D eigenvalue weighted by Gasteiger charge is -2.40. The van der Waals surface area contributed by atoms with Gasteiger partial charge in [0.1, 0.15) is 0 Å². The molecule has 1 unspecified atom stereocenters. The normalized spacial score (nSPS) is 28.1. The average molecular weight is 355 g/mol. The summed E-state index contributed by atoms with van der Waals surface area (Å²) in [6.45, 7) is 12.0. The van der Waals surface area contributed by atoms with Gasteiger partial charge in [0.05, 0.1) is 0 Å².